The van der Waals surface area contributed by atoms with Crippen molar-refractivity contribution in [2.24, 2.45) is 5.92 Å². The zero-order valence-corrected chi connectivity index (χ0v) is 19.7. The highest BCUT2D eigenvalue weighted by molar-refractivity contribution is 9.10. The summed E-state index contributed by atoms with van der Waals surface area (Å²) in [6.07, 6.45) is 2.03. The van der Waals surface area contributed by atoms with Gasteiger partial charge in [0.25, 0.3) is 5.91 Å². The highest BCUT2D eigenvalue weighted by Crippen LogP contribution is 2.26. The van der Waals surface area contributed by atoms with Crippen LogP contribution in [0.5, 0.6) is 5.75 Å². The van der Waals surface area contributed by atoms with Crippen LogP contribution in [0.25, 0.3) is 0 Å². The molecule has 0 aliphatic rings. The van der Waals surface area contributed by atoms with Crippen LogP contribution in [0.3, 0.4) is 0 Å². The Morgan fingerprint density at radius 1 is 1.07 bits per heavy atom. The summed E-state index contributed by atoms with van der Waals surface area (Å²) in [5.74, 6) is 0.230. The molecule has 0 aliphatic heterocycles. The number of hydrogen-bond acceptors (Lipinski definition) is 4. The Kier molecular flexibility index (Phi) is 9.26. The number of halogens is 1. The summed E-state index contributed by atoms with van der Waals surface area (Å²) in [6.45, 7) is 6.40. The van der Waals surface area contributed by atoms with E-state index < -0.39 is 0 Å². The summed E-state index contributed by atoms with van der Waals surface area (Å²) < 4.78 is 6.39. The fraction of sp³-hybridized carbons (Fsp3) is 0.318. The lowest BCUT2D eigenvalue weighted by atomic mass is 10.2. The zero-order valence-electron chi connectivity index (χ0n) is 17.3. The van der Waals surface area contributed by atoms with Gasteiger partial charge in [0.1, 0.15) is 5.75 Å². The molecule has 0 radical (unpaired) electrons. The number of nitrogens with one attached hydrogen (secondary N) is 3. The smallest absolute Gasteiger partial charge is 0.257 e. The molecule has 8 heteroatoms. The van der Waals surface area contributed by atoms with Gasteiger partial charge in [0.15, 0.2) is 5.11 Å². The standard InChI is InChI=1S/C22H26BrN3O3S/c1-4-5-12-29-19-11-6-15(13-18(19)23)21(28)26-22(30)25-17-9-7-16(8-10-17)24-20(27)14(2)3/h6-11,13-14H,4-5,12H2,1-3H3,(H,24,27)(H2,25,26,28,30). The van der Waals surface area contributed by atoms with Crippen molar-refractivity contribution in [3.63, 3.8) is 0 Å². The highest BCUT2D eigenvalue weighted by atomic mass is 79.9. The third-order valence-corrected chi connectivity index (χ3v) is 4.94. The van der Waals surface area contributed by atoms with E-state index in [1.54, 1.807) is 42.5 Å². The Morgan fingerprint density at radius 3 is 2.27 bits per heavy atom. The first-order valence-corrected chi connectivity index (χ1v) is 11.0. The molecule has 160 valence electrons. The summed E-state index contributed by atoms with van der Waals surface area (Å²) in [6, 6.07) is 12.2. The van der Waals surface area contributed by atoms with Crippen molar-refractivity contribution in [2.75, 3.05) is 17.2 Å². The molecule has 0 spiro atoms. The maximum Gasteiger partial charge on any atom is 0.257 e. The third-order valence-electron chi connectivity index (χ3n) is 4.11. The van der Waals surface area contributed by atoms with E-state index in [0.717, 1.165) is 12.8 Å². The molecule has 2 rings (SSSR count). The summed E-state index contributed by atoms with van der Waals surface area (Å²) >= 11 is 8.67. The average molecular weight is 492 g/mol. The molecular weight excluding hydrogens is 466 g/mol. The number of thiocarbonyl (C=S) groups is 1. The van der Waals surface area contributed by atoms with Gasteiger partial charge in [-0.1, -0.05) is 27.2 Å². The van der Waals surface area contributed by atoms with Crippen molar-refractivity contribution in [3.05, 3.63) is 52.5 Å². The van der Waals surface area contributed by atoms with Gasteiger partial charge >= 0.3 is 0 Å². The number of anilines is 2. The molecule has 2 aromatic carbocycles. The molecule has 6 nitrogen and oxygen atoms in total. The van der Waals surface area contributed by atoms with E-state index in [-0.39, 0.29) is 22.8 Å². The molecule has 0 saturated heterocycles. The first-order chi connectivity index (χ1) is 14.3. The molecular formula is C22H26BrN3O3S. The molecule has 0 fully saturated rings. The van der Waals surface area contributed by atoms with E-state index in [2.05, 4.69) is 38.8 Å². The first kappa shape index (κ1) is 23.8. The average Bonchev–Trinajstić information content (AvgIpc) is 2.70. The molecule has 3 N–H and O–H groups in total. The minimum atomic E-state index is -0.325. The summed E-state index contributed by atoms with van der Waals surface area (Å²) in [4.78, 5) is 24.2. The van der Waals surface area contributed by atoms with Gasteiger partial charge in [0.05, 0.1) is 11.1 Å². The van der Waals surface area contributed by atoms with Gasteiger partial charge < -0.3 is 15.4 Å². The number of carbonyl (C=O) groups is 2. The van der Waals surface area contributed by atoms with Crippen LogP contribution in [0, 0.1) is 5.92 Å². The van der Waals surface area contributed by atoms with Crippen molar-refractivity contribution < 1.29 is 14.3 Å². The number of carbonyl (C=O) groups excluding carboxylic acids is 2. The largest absolute Gasteiger partial charge is 0.492 e. The molecule has 0 unspecified atom stereocenters. The van der Waals surface area contributed by atoms with Gasteiger partial charge in [-0.15, -0.1) is 0 Å². The molecule has 2 aromatic rings. The van der Waals surface area contributed by atoms with Crippen LogP contribution in [-0.4, -0.2) is 23.5 Å². The summed E-state index contributed by atoms with van der Waals surface area (Å²) in [7, 11) is 0. The molecule has 0 bridgehead atoms. The normalized spacial score (nSPS) is 10.4. The Balaban J connectivity index is 1.90. The lowest BCUT2D eigenvalue weighted by Crippen LogP contribution is -2.34. The van der Waals surface area contributed by atoms with Crippen molar-refractivity contribution in [1.82, 2.24) is 5.32 Å². The number of unbranched alkanes of at least 4 members (excludes halogenated alkanes) is 1. The molecule has 0 aliphatic carbocycles. The number of amides is 2. The maximum atomic E-state index is 12.5. The Morgan fingerprint density at radius 2 is 1.70 bits per heavy atom. The number of hydrogen-bond donors (Lipinski definition) is 3. The predicted octanol–water partition coefficient (Wildman–Crippen LogP) is 5.35. The first-order valence-electron chi connectivity index (χ1n) is 9.75. The Labute approximate surface area is 190 Å². The van der Waals surface area contributed by atoms with Crippen LogP contribution in [-0.2, 0) is 4.79 Å². The van der Waals surface area contributed by atoms with Gasteiger partial charge in [0.2, 0.25) is 5.91 Å². The van der Waals surface area contributed by atoms with E-state index in [0.29, 0.717) is 33.8 Å². The lowest BCUT2D eigenvalue weighted by Gasteiger charge is -2.12. The van der Waals surface area contributed by atoms with Gasteiger partial charge in [-0.25, -0.2) is 0 Å². The molecule has 0 aromatic heterocycles. The topological polar surface area (TPSA) is 79.5 Å². The van der Waals surface area contributed by atoms with Crippen molar-refractivity contribution in [3.8, 4) is 5.75 Å². The second-order valence-corrected chi connectivity index (χ2v) is 8.24. The number of rotatable bonds is 8. The van der Waals surface area contributed by atoms with Crippen molar-refractivity contribution in [1.29, 1.82) is 0 Å². The van der Waals surface area contributed by atoms with Crippen LogP contribution in [0.2, 0.25) is 0 Å². The van der Waals surface area contributed by atoms with Crippen molar-refractivity contribution >= 4 is 56.4 Å². The number of benzene rings is 2. The van der Waals surface area contributed by atoms with E-state index in [9.17, 15) is 9.59 Å². The second kappa shape index (κ2) is 11.7. The quantitative estimate of drug-likeness (QED) is 0.342. The molecule has 0 heterocycles. The predicted molar refractivity (Wildman–Crippen MR) is 128 cm³/mol. The summed E-state index contributed by atoms with van der Waals surface area (Å²) in [5.41, 5.74) is 1.85. The molecule has 30 heavy (non-hydrogen) atoms. The third kappa shape index (κ3) is 7.42. The minimum absolute atomic E-state index is 0.0496. The highest BCUT2D eigenvalue weighted by Gasteiger charge is 2.11. The second-order valence-electron chi connectivity index (χ2n) is 6.98. The van der Waals surface area contributed by atoms with Crippen LogP contribution in [0.15, 0.2) is 46.9 Å². The minimum Gasteiger partial charge on any atom is -0.492 e. The zero-order chi connectivity index (χ0) is 22.1. The van der Waals surface area contributed by atoms with Gasteiger partial charge in [-0.3, -0.25) is 14.9 Å². The van der Waals surface area contributed by atoms with Gasteiger partial charge in [-0.05, 0) is 77.0 Å². The molecule has 0 atom stereocenters. The Hall–Kier alpha value is -2.45. The lowest BCUT2D eigenvalue weighted by molar-refractivity contribution is -0.118. The van der Waals surface area contributed by atoms with Crippen LogP contribution in [0.4, 0.5) is 11.4 Å². The number of ether oxygens (including phenoxy) is 1. The maximum absolute atomic E-state index is 12.5. The van der Waals surface area contributed by atoms with E-state index in [4.69, 9.17) is 17.0 Å². The fourth-order valence-electron chi connectivity index (χ4n) is 2.35. The molecule has 0 saturated carbocycles. The molecule has 2 amide bonds. The van der Waals surface area contributed by atoms with Crippen molar-refractivity contribution in [2.45, 2.75) is 33.6 Å². The van der Waals surface area contributed by atoms with Gasteiger partial charge in [0, 0.05) is 22.9 Å². The SMILES string of the molecule is CCCCOc1ccc(C(=O)NC(=S)Nc2ccc(NC(=O)C(C)C)cc2)cc1Br. The van der Waals surface area contributed by atoms with Crippen LogP contribution < -0.4 is 20.7 Å². The van der Waals surface area contributed by atoms with Crippen LogP contribution >= 0.6 is 28.1 Å². The van der Waals surface area contributed by atoms with E-state index >= 15 is 0 Å². The van der Waals surface area contributed by atoms with E-state index in [1.165, 1.54) is 0 Å². The van der Waals surface area contributed by atoms with Crippen LogP contribution in [0.1, 0.15) is 44.0 Å². The van der Waals surface area contributed by atoms with Gasteiger partial charge in [-0.2, -0.15) is 0 Å². The Bertz CT molecular complexity index is 901. The fourth-order valence-corrected chi connectivity index (χ4v) is 3.05. The summed E-state index contributed by atoms with van der Waals surface area (Å²) in [5, 5.41) is 8.61. The monoisotopic (exact) mass is 491 g/mol. The van der Waals surface area contributed by atoms with E-state index in [1.807, 2.05) is 13.8 Å².